The maximum absolute atomic E-state index is 11.5. The number of rotatable bonds is 3. The normalized spacial score (nSPS) is 9.62. The van der Waals surface area contributed by atoms with Crippen LogP contribution in [0.1, 0.15) is 5.69 Å². The molecule has 0 aliphatic carbocycles. The molecule has 0 saturated heterocycles. The number of amides is 2. The van der Waals surface area contributed by atoms with Crippen LogP contribution in [0, 0.1) is 5.41 Å². The van der Waals surface area contributed by atoms with Gasteiger partial charge < -0.3 is 10.2 Å². The van der Waals surface area contributed by atoms with Gasteiger partial charge in [0.1, 0.15) is 0 Å². The minimum Gasteiger partial charge on any atom is -0.341 e. The first-order valence-corrected chi connectivity index (χ1v) is 7.47. The van der Waals surface area contributed by atoms with Crippen molar-refractivity contribution < 1.29 is 4.79 Å². The molecule has 0 aliphatic heterocycles. The van der Waals surface area contributed by atoms with Crippen molar-refractivity contribution >= 4 is 53.3 Å². The van der Waals surface area contributed by atoms with Gasteiger partial charge >= 0.3 is 6.03 Å². The van der Waals surface area contributed by atoms with Gasteiger partial charge in [-0.05, 0) is 24.3 Å². The molecule has 2 rings (SSSR count). The molecule has 0 spiro atoms. The first-order valence-electron chi connectivity index (χ1n) is 6.71. The quantitative estimate of drug-likeness (QED) is 0.554. The van der Waals surface area contributed by atoms with Gasteiger partial charge in [-0.15, -0.1) is 12.4 Å². The second kappa shape index (κ2) is 9.32. The van der Waals surface area contributed by atoms with Crippen LogP contribution in [0.5, 0.6) is 0 Å². The van der Waals surface area contributed by atoms with E-state index in [2.05, 4.69) is 15.6 Å². The highest BCUT2D eigenvalue weighted by Gasteiger charge is 2.20. The van der Waals surface area contributed by atoms with Crippen molar-refractivity contribution in [2.24, 2.45) is 0 Å². The number of guanidine groups is 1. The molecule has 2 aromatic rings. The largest absolute Gasteiger partial charge is 0.341 e. The third-order valence-corrected chi connectivity index (χ3v) is 3.59. The molecule has 1 aromatic heterocycles. The summed E-state index contributed by atoms with van der Waals surface area (Å²) in [5, 5.41) is 13.7. The van der Waals surface area contributed by atoms with Crippen LogP contribution in [0.15, 0.2) is 42.6 Å². The van der Waals surface area contributed by atoms with Crippen molar-refractivity contribution in [1.29, 1.82) is 5.41 Å². The Morgan fingerprint density at radius 1 is 1.21 bits per heavy atom. The standard InChI is InChI=1S/C15H15Cl2N5O.ClH/c1-19-15(23)21-14(18)22(9-10-5-2-3-8-20-10)13-11(16)6-4-7-12(13)17;/h2-8H,9H2,1H3,(H3,18,19,21,23);1H. The molecule has 3 N–H and O–H groups in total. The van der Waals surface area contributed by atoms with Crippen LogP contribution in [0.2, 0.25) is 10.0 Å². The average Bonchev–Trinajstić information content (AvgIpc) is 2.54. The predicted molar refractivity (Wildman–Crippen MR) is 99.4 cm³/mol. The highest BCUT2D eigenvalue weighted by atomic mass is 35.5. The van der Waals surface area contributed by atoms with Crippen molar-refractivity contribution in [3.8, 4) is 0 Å². The maximum atomic E-state index is 11.5. The number of hydrogen-bond acceptors (Lipinski definition) is 3. The van der Waals surface area contributed by atoms with E-state index < -0.39 is 6.03 Å². The van der Waals surface area contributed by atoms with E-state index in [1.54, 1.807) is 30.5 Å². The van der Waals surface area contributed by atoms with Crippen molar-refractivity contribution in [1.82, 2.24) is 15.6 Å². The number of carbonyl (C=O) groups is 1. The van der Waals surface area contributed by atoms with E-state index in [1.165, 1.54) is 11.9 Å². The van der Waals surface area contributed by atoms with Crippen LogP contribution in [0.4, 0.5) is 10.5 Å². The molecule has 0 radical (unpaired) electrons. The number of pyridine rings is 1. The first kappa shape index (κ1) is 20.0. The van der Waals surface area contributed by atoms with Gasteiger partial charge in [-0.3, -0.25) is 15.7 Å². The molecule has 24 heavy (non-hydrogen) atoms. The van der Waals surface area contributed by atoms with Gasteiger partial charge in [0, 0.05) is 13.2 Å². The molecule has 0 bridgehead atoms. The fraction of sp³-hybridized carbons (Fsp3) is 0.133. The Hall–Kier alpha value is -2.02. The Morgan fingerprint density at radius 2 is 1.88 bits per heavy atom. The Balaban J connectivity index is 0.00000288. The van der Waals surface area contributed by atoms with Gasteiger partial charge in [-0.2, -0.15) is 0 Å². The molecule has 128 valence electrons. The Bertz CT molecular complexity index is 691. The van der Waals surface area contributed by atoms with Gasteiger partial charge in [-0.25, -0.2) is 4.79 Å². The molecule has 1 heterocycles. The Morgan fingerprint density at radius 3 is 2.42 bits per heavy atom. The minimum atomic E-state index is -0.510. The summed E-state index contributed by atoms with van der Waals surface area (Å²) in [7, 11) is 1.47. The molecular weight excluding hydrogens is 373 g/mol. The third kappa shape index (κ3) is 4.99. The number of nitrogens with one attached hydrogen (secondary N) is 3. The molecule has 9 heteroatoms. The van der Waals surface area contributed by atoms with Crippen LogP contribution in [-0.2, 0) is 6.54 Å². The monoisotopic (exact) mass is 387 g/mol. The van der Waals surface area contributed by atoms with E-state index in [0.717, 1.165) is 0 Å². The number of carbonyl (C=O) groups excluding carboxylic acids is 1. The molecule has 0 saturated carbocycles. The maximum Gasteiger partial charge on any atom is 0.321 e. The summed E-state index contributed by atoms with van der Waals surface area (Å²) in [6.07, 6.45) is 1.65. The topological polar surface area (TPSA) is 81.1 Å². The fourth-order valence-corrected chi connectivity index (χ4v) is 2.51. The molecule has 6 nitrogen and oxygen atoms in total. The van der Waals surface area contributed by atoms with Crippen LogP contribution < -0.4 is 15.5 Å². The second-order valence-corrected chi connectivity index (χ2v) is 5.34. The number of para-hydroxylation sites is 1. The number of anilines is 1. The lowest BCUT2D eigenvalue weighted by Gasteiger charge is -2.26. The van der Waals surface area contributed by atoms with Crippen LogP contribution in [0.3, 0.4) is 0 Å². The summed E-state index contributed by atoms with van der Waals surface area (Å²) in [5.41, 5.74) is 1.13. The minimum absolute atomic E-state index is 0. The molecular formula is C15H16Cl3N5O. The lowest BCUT2D eigenvalue weighted by Crippen LogP contribution is -2.46. The lowest BCUT2D eigenvalue weighted by molar-refractivity contribution is 0.247. The van der Waals surface area contributed by atoms with Gasteiger partial charge in [0.25, 0.3) is 0 Å². The fourth-order valence-electron chi connectivity index (χ4n) is 1.91. The molecule has 0 atom stereocenters. The van der Waals surface area contributed by atoms with Crippen LogP contribution >= 0.6 is 35.6 Å². The number of urea groups is 1. The van der Waals surface area contributed by atoms with E-state index in [1.807, 2.05) is 12.1 Å². The first-order chi connectivity index (χ1) is 11.0. The number of nitrogens with zero attached hydrogens (tertiary/aromatic N) is 2. The van der Waals surface area contributed by atoms with Crippen molar-refractivity contribution in [3.05, 3.63) is 58.3 Å². The van der Waals surface area contributed by atoms with Gasteiger partial charge in [0.2, 0.25) is 5.96 Å². The predicted octanol–water partition coefficient (Wildman–Crippen LogP) is 3.68. The zero-order chi connectivity index (χ0) is 16.8. The van der Waals surface area contributed by atoms with Crippen LogP contribution in [-0.4, -0.2) is 24.0 Å². The summed E-state index contributed by atoms with van der Waals surface area (Å²) in [4.78, 5) is 17.2. The van der Waals surface area contributed by atoms with Gasteiger partial charge in [0.15, 0.2) is 0 Å². The number of benzene rings is 1. The zero-order valence-corrected chi connectivity index (χ0v) is 15.0. The third-order valence-electron chi connectivity index (χ3n) is 2.98. The van der Waals surface area contributed by atoms with E-state index >= 15 is 0 Å². The Kier molecular flexibility index (Phi) is 7.78. The number of hydrogen-bond donors (Lipinski definition) is 3. The summed E-state index contributed by atoms with van der Waals surface area (Å²) in [6, 6.07) is 9.98. The molecule has 0 aliphatic rings. The summed E-state index contributed by atoms with van der Waals surface area (Å²) >= 11 is 12.5. The second-order valence-electron chi connectivity index (χ2n) is 4.53. The van der Waals surface area contributed by atoms with Gasteiger partial charge in [-0.1, -0.05) is 35.3 Å². The molecule has 1 aromatic carbocycles. The van der Waals surface area contributed by atoms with Crippen molar-refractivity contribution in [3.63, 3.8) is 0 Å². The molecule has 0 fully saturated rings. The van der Waals surface area contributed by atoms with Crippen molar-refractivity contribution in [2.75, 3.05) is 11.9 Å². The zero-order valence-electron chi connectivity index (χ0n) is 12.7. The van der Waals surface area contributed by atoms with E-state index in [0.29, 0.717) is 21.4 Å². The number of halogens is 3. The van der Waals surface area contributed by atoms with Gasteiger partial charge in [0.05, 0.1) is 28.0 Å². The summed E-state index contributed by atoms with van der Waals surface area (Å²) in [5.74, 6) is -0.162. The van der Waals surface area contributed by atoms with Crippen molar-refractivity contribution in [2.45, 2.75) is 6.54 Å². The molecule has 0 unspecified atom stereocenters. The highest BCUT2D eigenvalue weighted by molar-refractivity contribution is 6.40. The average molecular weight is 389 g/mol. The smallest absolute Gasteiger partial charge is 0.321 e. The lowest BCUT2D eigenvalue weighted by atomic mass is 10.2. The number of aromatic nitrogens is 1. The van der Waals surface area contributed by atoms with E-state index in [-0.39, 0.29) is 24.9 Å². The van der Waals surface area contributed by atoms with Crippen LogP contribution in [0.25, 0.3) is 0 Å². The SMILES string of the molecule is CNC(=O)NC(=N)N(Cc1ccccn1)c1c(Cl)cccc1Cl.Cl. The van der Waals surface area contributed by atoms with E-state index in [4.69, 9.17) is 28.6 Å². The molecule has 2 amide bonds. The van der Waals surface area contributed by atoms with E-state index in [9.17, 15) is 4.79 Å². The summed E-state index contributed by atoms with van der Waals surface area (Å²) in [6.45, 7) is 0.229. The highest BCUT2D eigenvalue weighted by Crippen LogP contribution is 2.34. The Labute approximate surface area is 156 Å². The summed E-state index contributed by atoms with van der Waals surface area (Å²) < 4.78 is 0.